The predicted molar refractivity (Wildman–Crippen MR) is 108 cm³/mol. The average molecular weight is 376 g/mol. The van der Waals surface area contributed by atoms with Crippen molar-refractivity contribution in [3.05, 3.63) is 36.5 Å². The summed E-state index contributed by atoms with van der Waals surface area (Å²) >= 11 is 0. The van der Waals surface area contributed by atoms with Crippen molar-refractivity contribution in [3.8, 4) is 0 Å². The molecule has 2 atom stereocenters. The Morgan fingerprint density at radius 1 is 1.23 bits per heavy atom. The summed E-state index contributed by atoms with van der Waals surface area (Å²) in [6, 6.07) is 6.03. The van der Waals surface area contributed by atoms with E-state index < -0.39 is 0 Å². The molecular weight excluding hydrogens is 346 g/mol. The zero-order chi connectivity index (χ0) is 17.7. The Morgan fingerprint density at radius 3 is 2.69 bits per heavy atom. The van der Waals surface area contributed by atoms with Crippen LogP contribution >= 0.6 is 12.4 Å². The van der Waals surface area contributed by atoms with Crippen molar-refractivity contribution in [2.24, 2.45) is 16.7 Å². The first-order valence-electron chi connectivity index (χ1n) is 9.60. The highest BCUT2D eigenvalue weighted by Crippen LogP contribution is 2.65. The summed E-state index contributed by atoms with van der Waals surface area (Å²) in [4.78, 5) is 22.4. The molecule has 4 rings (SSSR count). The minimum Gasteiger partial charge on any atom is -0.355 e. The Bertz CT molecular complexity index is 690. The molecule has 2 unspecified atom stereocenters. The molecule has 5 heteroatoms. The fourth-order valence-electron chi connectivity index (χ4n) is 5.32. The molecule has 1 amide bonds. The Balaban J connectivity index is 0.00000196. The summed E-state index contributed by atoms with van der Waals surface area (Å²) in [7, 11) is 0. The Morgan fingerprint density at radius 2 is 2.04 bits per heavy atom. The number of aromatic nitrogens is 1. The van der Waals surface area contributed by atoms with E-state index in [1.165, 1.54) is 12.0 Å². The lowest BCUT2D eigenvalue weighted by Crippen LogP contribution is -2.45. The highest BCUT2D eigenvalue weighted by Gasteiger charge is 2.61. The molecule has 4 nitrogen and oxygen atoms in total. The van der Waals surface area contributed by atoms with Crippen LogP contribution < -0.4 is 4.90 Å². The third-order valence-corrected chi connectivity index (χ3v) is 7.06. The zero-order valence-corrected chi connectivity index (χ0v) is 16.7. The molecule has 3 fully saturated rings. The number of amides is 1. The second kappa shape index (κ2) is 6.88. The van der Waals surface area contributed by atoms with Gasteiger partial charge in [0.2, 0.25) is 5.91 Å². The van der Waals surface area contributed by atoms with Gasteiger partial charge in [-0.3, -0.25) is 4.79 Å². The highest BCUT2D eigenvalue weighted by molar-refractivity contribution is 5.87. The van der Waals surface area contributed by atoms with Crippen LogP contribution in [-0.4, -0.2) is 42.0 Å². The van der Waals surface area contributed by atoms with Gasteiger partial charge in [0, 0.05) is 32.4 Å². The summed E-state index contributed by atoms with van der Waals surface area (Å²) < 4.78 is 0. The van der Waals surface area contributed by atoms with Crippen molar-refractivity contribution >= 4 is 24.1 Å². The van der Waals surface area contributed by atoms with Crippen molar-refractivity contribution in [3.63, 3.8) is 0 Å². The van der Waals surface area contributed by atoms with E-state index in [4.69, 9.17) is 0 Å². The number of hydrogen-bond donors (Lipinski definition) is 0. The van der Waals surface area contributed by atoms with Crippen molar-refractivity contribution in [1.29, 1.82) is 0 Å². The first-order valence-corrected chi connectivity index (χ1v) is 9.60. The number of fused-ring (bicyclic) bond motifs is 2. The molecule has 0 radical (unpaired) electrons. The Kier molecular flexibility index (Phi) is 5.08. The Labute approximate surface area is 163 Å². The van der Waals surface area contributed by atoms with Crippen LogP contribution in [0.1, 0.15) is 39.5 Å². The van der Waals surface area contributed by atoms with Gasteiger partial charge in [0.15, 0.2) is 0 Å². The largest absolute Gasteiger partial charge is 0.355 e. The van der Waals surface area contributed by atoms with Crippen LogP contribution in [0.4, 0.5) is 5.82 Å². The molecule has 2 saturated carbocycles. The molecule has 2 aliphatic carbocycles. The lowest BCUT2D eigenvalue weighted by atomic mass is 9.68. The monoisotopic (exact) mass is 375 g/mol. The topological polar surface area (TPSA) is 36.4 Å². The van der Waals surface area contributed by atoms with E-state index in [1.807, 2.05) is 18.3 Å². The summed E-state index contributed by atoms with van der Waals surface area (Å²) in [5, 5.41) is 0. The van der Waals surface area contributed by atoms with Crippen LogP contribution in [-0.2, 0) is 4.79 Å². The number of rotatable bonds is 2. The van der Waals surface area contributed by atoms with Gasteiger partial charge in [-0.2, -0.15) is 0 Å². The minimum absolute atomic E-state index is 0. The molecule has 26 heavy (non-hydrogen) atoms. The first kappa shape index (κ1) is 19.2. The summed E-state index contributed by atoms with van der Waals surface area (Å²) in [5.41, 5.74) is 1.01. The molecule has 1 aromatic heterocycles. The molecule has 0 spiro atoms. The van der Waals surface area contributed by atoms with Gasteiger partial charge in [-0.25, -0.2) is 4.98 Å². The van der Waals surface area contributed by atoms with Crippen molar-refractivity contribution < 1.29 is 4.79 Å². The van der Waals surface area contributed by atoms with Crippen molar-refractivity contribution in [2.75, 3.05) is 31.1 Å². The van der Waals surface area contributed by atoms with Crippen LogP contribution in [0.3, 0.4) is 0 Å². The van der Waals surface area contributed by atoms with E-state index in [0.29, 0.717) is 11.8 Å². The van der Waals surface area contributed by atoms with Gasteiger partial charge in [-0.1, -0.05) is 32.1 Å². The van der Waals surface area contributed by atoms with Gasteiger partial charge >= 0.3 is 0 Å². The van der Waals surface area contributed by atoms with E-state index in [-0.39, 0.29) is 23.2 Å². The fraction of sp³-hybridized carbons (Fsp3) is 0.619. The lowest BCUT2D eigenvalue weighted by molar-refractivity contribution is -0.139. The quantitative estimate of drug-likeness (QED) is 0.735. The molecule has 0 aromatic carbocycles. The minimum atomic E-state index is -0.283. The molecule has 2 bridgehead atoms. The normalized spacial score (nSPS) is 30.1. The standard InChI is InChI=1S/C21H29N3O.ClH/c1-16-20(2,3)17-8-9-21(16,15-17)19(25)24-12-6-11-23(13-14-24)18-7-4-5-10-22-18;/h4-5,7,10,17H,1,6,8-9,11-15H2,2-3H3;1H. The van der Waals surface area contributed by atoms with Crippen LogP contribution in [0.2, 0.25) is 0 Å². The molecule has 1 aliphatic heterocycles. The second-order valence-electron chi connectivity index (χ2n) is 8.54. The van der Waals surface area contributed by atoms with Gasteiger partial charge < -0.3 is 9.80 Å². The predicted octanol–water partition coefficient (Wildman–Crippen LogP) is 3.92. The van der Waals surface area contributed by atoms with Gasteiger partial charge in [-0.15, -0.1) is 12.4 Å². The zero-order valence-electron chi connectivity index (χ0n) is 15.9. The van der Waals surface area contributed by atoms with Gasteiger partial charge in [0.25, 0.3) is 0 Å². The fourth-order valence-corrected chi connectivity index (χ4v) is 5.32. The van der Waals surface area contributed by atoms with Gasteiger partial charge in [0.05, 0.1) is 5.41 Å². The van der Waals surface area contributed by atoms with Crippen molar-refractivity contribution in [1.82, 2.24) is 9.88 Å². The summed E-state index contributed by atoms with van der Waals surface area (Å²) in [6.45, 7) is 12.4. The van der Waals surface area contributed by atoms with E-state index in [1.54, 1.807) is 0 Å². The van der Waals surface area contributed by atoms with Gasteiger partial charge in [0.1, 0.15) is 5.82 Å². The van der Waals surface area contributed by atoms with E-state index in [9.17, 15) is 4.79 Å². The van der Waals surface area contributed by atoms with Crippen molar-refractivity contribution in [2.45, 2.75) is 39.5 Å². The second-order valence-corrected chi connectivity index (χ2v) is 8.54. The number of halogens is 1. The van der Waals surface area contributed by atoms with E-state index in [2.05, 4.69) is 41.3 Å². The first-order chi connectivity index (χ1) is 11.9. The molecule has 1 saturated heterocycles. The number of hydrogen-bond acceptors (Lipinski definition) is 3. The van der Waals surface area contributed by atoms with Gasteiger partial charge in [-0.05, 0) is 49.1 Å². The smallest absolute Gasteiger partial charge is 0.232 e. The molecule has 2 heterocycles. The van der Waals surface area contributed by atoms with Crippen LogP contribution in [0.15, 0.2) is 36.5 Å². The molecular formula is C21H30ClN3O. The molecule has 0 N–H and O–H groups in total. The average Bonchev–Trinajstić information content (AvgIpc) is 3.03. The van der Waals surface area contributed by atoms with Crippen LogP contribution in [0.5, 0.6) is 0 Å². The Hall–Kier alpha value is -1.55. The molecule has 142 valence electrons. The number of pyridine rings is 1. The number of nitrogens with zero attached hydrogens (tertiary/aromatic N) is 3. The maximum absolute atomic E-state index is 13.5. The number of carbonyl (C=O) groups excluding carboxylic acids is 1. The molecule has 1 aromatic rings. The van der Waals surface area contributed by atoms with E-state index >= 15 is 0 Å². The molecule has 3 aliphatic rings. The highest BCUT2D eigenvalue weighted by atomic mass is 35.5. The maximum atomic E-state index is 13.5. The SMILES string of the molecule is C=C1C2(C(=O)N3CCCN(c4ccccn4)CC3)CCC(C2)C1(C)C.Cl. The number of carbonyl (C=O) groups is 1. The third-order valence-electron chi connectivity index (χ3n) is 7.06. The van der Waals surface area contributed by atoms with Crippen LogP contribution in [0, 0.1) is 16.7 Å². The number of anilines is 1. The summed E-state index contributed by atoms with van der Waals surface area (Å²) in [5.74, 6) is 1.98. The summed E-state index contributed by atoms with van der Waals surface area (Å²) in [6.07, 6.45) is 6.02. The van der Waals surface area contributed by atoms with Crippen LogP contribution in [0.25, 0.3) is 0 Å². The maximum Gasteiger partial charge on any atom is 0.232 e. The lowest BCUT2D eigenvalue weighted by Gasteiger charge is -2.39. The van der Waals surface area contributed by atoms with E-state index in [0.717, 1.165) is 51.3 Å². The third kappa shape index (κ3) is 2.83.